The predicted molar refractivity (Wildman–Crippen MR) is 86.6 cm³/mol. The van der Waals surface area contributed by atoms with Crippen LogP contribution in [0.1, 0.15) is 41.5 Å². The van der Waals surface area contributed by atoms with Crippen molar-refractivity contribution in [2.24, 2.45) is 0 Å². The molecular formula is C14H16ClN3O4S. The number of aromatic amines is 1. The summed E-state index contributed by atoms with van der Waals surface area (Å²) in [6.45, 7) is 5.39. The number of halogens is 1. The summed E-state index contributed by atoms with van der Waals surface area (Å²) in [4.78, 5) is 17.9. The highest BCUT2D eigenvalue weighted by molar-refractivity contribution is 7.92. The molecule has 0 aliphatic heterocycles. The summed E-state index contributed by atoms with van der Waals surface area (Å²) >= 11 is 5.85. The maximum atomic E-state index is 12.4. The average molecular weight is 358 g/mol. The van der Waals surface area contributed by atoms with Gasteiger partial charge in [-0.25, -0.2) is 9.78 Å². The number of nitrogens with one attached hydrogen (secondary N) is 2. The Morgan fingerprint density at radius 1 is 1.39 bits per heavy atom. The Kier molecular flexibility index (Phi) is 4.67. The van der Waals surface area contributed by atoms with Crippen LogP contribution in [-0.2, 0) is 10.0 Å². The fourth-order valence-electron chi connectivity index (χ4n) is 1.90. The van der Waals surface area contributed by atoms with E-state index in [1.54, 1.807) is 6.92 Å². The van der Waals surface area contributed by atoms with Crippen LogP contribution in [0, 0.1) is 6.92 Å². The van der Waals surface area contributed by atoms with Gasteiger partial charge in [0, 0.05) is 5.92 Å². The first-order valence-electron chi connectivity index (χ1n) is 6.73. The molecule has 0 aliphatic rings. The topological polar surface area (TPSA) is 112 Å². The smallest absolute Gasteiger partial charge is 0.337 e. The lowest BCUT2D eigenvalue weighted by atomic mass is 10.1. The van der Waals surface area contributed by atoms with Crippen LogP contribution in [0.15, 0.2) is 23.4 Å². The molecule has 0 radical (unpaired) electrons. The van der Waals surface area contributed by atoms with E-state index in [9.17, 15) is 13.2 Å². The number of carboxylic acid groups (broad SMARTS) is 1. The van der Waals surface area contributed by atoms with Crippen LogP contribution in [0.25, 0.3) is 0 Å². The van der Waals surface area contributed by atoms with Gasteiger partial charge in [0.1, 0.15) is 5.82 Å². The van der Waals surface area contributed by atoms with Gasteiger partial charge in [0.15, 0.2) is 5.03 Å². The fourth-order valence-corrected chi connectivity index (χ4v) is 3.24. The van der Waals surface area contributed by atoms with E-state index < -0.39 is 16.0 Å². The zero-order valence-corrected chi connectivity index (χ0v) is 14.3. The number of H-pyrrole nitrogens is 1. The Morgan fingerprint density at radius 3 is 2.57 bits per heavy atom. The van der Waals surface area contributed by atoms with Gasteiger partial charge in [-0.2, -0.15) is 8.42 Å². The van der Waals surface area contributed by atoms with Crippen LogP contribution >= 0.6 is 11.6 Å². The molecule has 1 aromatic heterocycles. The maximum Gasteiger partial charge on any atom is 0.337 e. The minimum atomic E-state index is -3.91. The van der Waals surface area contributed by atoms with Gasteiger partial charge in [0.25, 0.3) is 10.0 Å². The molecule has 7 nitrogen and oxygen atoms in total. The first kappa shape index (κ1) is 17.3. The Bertz CT molecular complexity index is 859. The largest absolute Gasteiger partial charge is 0.478 e. The first-order valence-corrected chi connectivity index (χ1v) is 8.59. The number of benzene rings is 1. The number of aryl methyl sites for hydroxylation is 1. The van der Waals surface area contributed by atoms with Gasteiger partial charge in [-0.15, -0.1) is 0 Å². The summed E-state index contributed by atoms with van der Waals surface area (Å²) in [7, 11) is -3.91. The first-order chi connectivity index (χ1) is 10.6. The number of hydrogen-bond donors (Lipinski definition) is 3. The van der Waals surface area contributed by atoms with E-state index in [0.29, 0.717) is 11.4 Å². The molecule has 0 unspecified atom stereocenters. The number of carbonyl (C=O) groups is 1. The van der Waals surface area contributed by atoms with Crippen molar-refractivity contribution in [2.75, 3.05) is 4.72 Å². The number of hydrogen-bond acceptors (Lipinski definition) is 4. The number of anilines is 1. The molecule has 9 heteroatoms. The van der Waals surface area contributed by atoms with Gasteiger partial charge in [-0.1, -0.05) is 25.4 Å². The van der Waals surface area contributed by atoms with Crippen molar-refractivity contribution in [3.8, 4) is 0 Å². The van der Waals surface area contributed by atoms with Crippen LogP contribution in [0.2, 0.25) is 5.02 Å². The molecule has 0 amide bonds. The molecule has 0 saturated carbocycles. The number of carboxylic acids is 1. The molecule has 23 heavy (non-hydrogen) atoms. The van der Waals surface area contributed by atoms with E-state index in [0.717, 1.165) is 0 Å². The van der Waals surface area contributed by atoms with Crippen molar-refractivity contribution < 1.29 is 18.3 Å². The highest BCUT2D eigenvalue weighted by atomic mass is 35.5. The molecule has 3 N–H and O–H groups in total. The number of imidazole rings is 1. The van der Waals surface area contributed by atoms with Crippen molar-refractivity contribution in [2.45, 2.75) is 31.7 Å². The van der Waals surface area contributed by atoms with E-state index in [1.165, 1.54) is 18.3 Å². The quantitative estimate of drug-likeness (QED) is 0.761. The SMILES string of the molecule is Cc1cc(Cl)c(C(=O)O)cc1NS(=O)(=O)c1cnc(C(C)C)[nH]1. The zero-order valence-electron chi connectivity index (χ0n) is 12.7. The number of nitrogens with zero attached hydrogens (tertiary/aromatic N) is 1. The van der Waals surface area contributed by atoms with Crippen LogP contribution in [0.4, 0.5) is 5.69 Å². The molecular weight excluding hydrogens is 342 g/mol. The van der Waals surface area contributed by atoms with Crippen molar-refractivity contribution in [1.82, 2.24) is 9.97 Å². The van der Waals surface area contributed by atoms with E-state index in [1.807, 2.05) is 13.8 Å². The summed E-state index contributed by atoms with van der Waals surface area (Å²) < 4.78 is 27.1. The number of aromatic nitrogens is 2. The van der Waals surface area contributed by atoms with E-state index in [2.05, 4.69) is 14.7 Å². The Balaban J connectivity index is 2.40. The lowest BCUT2D eigenvalue weighted by molar-refractivity contribution is 0.0697. The number of sulfonamides is 1. The lowest BCUT2D eigenvalue weighted by Gasteiger charge is -2.11. The van der Waals surface area contributed by atoms with Crippen molar-refractivity contribution in [3.63, 3.8) is 0 Å². The van der Waals surface area contributed by atoms with Gasteiger partial charge in [0.2, 0.25) is 0 Å². The minimum absolute atomic E-state index is 0.0431. The fraction of sp³-hybridized carbons (Fsp3) is 0.286. The second-order valence-corrected chi connectivity index (χ2v) is 7.40. The molecule has 0 saturated heterocycles. The van der Waals surface area contributed by atoms with Gasteiger partial charge in [-0.05, 0) is 24.6 Å². The van der Waals surface area contributed by atoms with Crippen molar-refractivity contribution in [1.29, 1.82) is 0 Å². The molecule has 0 spiro atoms. The van der Waals surface area contributed by atoms with Crippen LogP contribution < -0.4 is 4.72 Å². The summed E-state index contributed by atoms with van der Waals surface area (Å²) in [6, 6.07) is 2.59. The van der Waals surface area contributed by atoms with E-state index in [4.69, 9.17) is 16.7 Å². The molecule has 2 rings (SSSR count). The van der Waals surface area contributed by atoms with Crippen LogP contribution in [0.3, 0.4) is 0 Å². The van der Waals surface area contributed by atoms with Crippen molar-refractivity contribution >= 4 is 33.3 Å². The highest BCUT2D eigenvalue weighted by Crippen LogP contribution is 2.27. The third kappa shape index (κ3) is 3.65. The second-order valence-electron chi connectivity index (χ2n) is 5.35. The van der Waals surface area contributed by atoms with E-state index >= 15 is 0 Å². The lowest BCUT2D eigenvalue weighted by Crippen LogP contribution is -2.15. The van der Waals surface area contributed by atoms with Gasteiger partial charge in [0.05, 0.1) is 22.5 Å². The molecule has 0 fully saturated rings. The zero-order chi connectivity index (χ0) is 17.4. The predicted octanol–water partition coefficient (Wildman–Crippen LogP) is 2.99. The monoisotopic (exact) mass is 357 g/mol. The summed E-state index contributed by atoms with van der Waals surface area (Å²) in [5.41, 5.74) is 0.474. The van der Waals surface area contributed by atoms with E-state index in [-0.39, 0.29) is 27.2 Å². The molecule has 1 heterocycles. The highest BCUT2D eigenvalue weighted by Gasteiger charge is 2.21. The van der Waals surface area contributed by atoms with Gasteiger partial charge >= 0.3 is 5.97 Å². The molecule has 1 aromatic carbocycles. The van der Waals surface area contributed by atoms with Crippen LogP contribution in [0.5, 0.6) is 0 Å². The Hall–Kier alpha value is -2.06. The van der Waals surface area contributed by atoms with Gasteiger partial charge < -0.3 is 10.1 Å². The average Bonchev–Trinajstić information content (AvgIpc) is 2.92. The molecule has 124 valence electrons. The third-order valence-electron chi connectivity index (χ3n) is 3.20. The number of aromatic carboxylic acids is 1. The number of rotatable bonds is 5. The minimum Gasteiger partial charge on any atom is -0.478 e. The normalized spacial score (nSPS) is 11.7. The molecule has 0 atom stereocenters. The van der Waals surface area contributed by atoms with Crippen LogP contribution in [-0.4, -0.2) is 29.5 Å². The van der Waals surface area contributed by atoms with Crippen molar-refractivity contribution in [3.05, 3.63) is 40.3 Å². The standard InChI is InChI=1S/C14H16ClN3O4S/c1-7(2)13-16-6-12(17-13)23(21,22)18-11-5-9(14(19)20)10(15)4-8(11)3/h4-7,18H,1-3H3,(H,16,17)(H,19,20). The summed E-state index contributed by atoms with van der Waals surface area (Å²) in [6.07, 6.45) is 1.22. The third-order valence-corrected chi connectivity index (χ3v) is 4.79. The maximum absolute atomic E-state index is 12.4. The summed E-state index contributed by atoms with van der Waals surface area (Å²) in [5, 5.41) is 9.04. The Labute approximate surface area is 138 Å². The van der Waals surface area contributed by atoms with Gasteiger partial charge in [-0.3, -0.25) is 4.72 Å². The summed E-state index contributed by atoms with van der Waals surface area (Å²) in [5.74, 6) is -0.640. The Morgan fingerprint density at radius 2 is 2.04 bits per heavy atom. The molecule has 0 bridgehead atoms. The molecule has 0 aliphatic carbocycles. The molecule has 2 aromatic rings. The second kappa shape index (κ2) is 6.21.